The van der Waals surface area contributed by atoms with E-state index in [0.717, 1.165) is 22.5 Å². The third-order valence-corrected chi connectivity index (χ3v) is 7.04. The van der Waals surface area contributed by atoms with Crippen LogP contribution < -0.4 is 0 Å². The van der Waals surface area contributed by atoms with E-state index in [1.54, 1.807) is 12.4 Å². The van der Waals surface area contributed by atoms with Crippen molar-refractivity contribution < 1.29 is 14.3 Å². The number of pyridine rings is 1. The number of thioether (sulfide) groups is 1. The molecular formula is C26H25N5O3S. The molecule has 8 nitrogen and oxygen atoms in total. The van der Waals surface area contributed by atoms with E-state index in [9.17, 15) is 9.59 Å². The molecule has 0 spiro atoms. The fraction of sp³-hybridized carbons (Fsp3) is 0.269. The minimum Gasteiger partial charge on any atom is -0.466 e. The largest absolute Gasteiger partial charge is 0.466 e. The molecule has 2 aliphatic heterocycles. The van der Waals surface area contributed by atoms with Crippen LogP contribution in [0.2, 0.25) is 0 Å². The summed E-state index contributed by atoms with van der Waals surface area (Å²) in [5, 5.41) is 5.48. The number of aliphatic imine (C=N–C) groups is 1. The minimum absolute atomic E-state index is 0.0873. The van der Waals surface area contributed by atoms with Gasteiger partial charge in [-0.2, -0.15) is 10.1 Å². The molecule has 0 N–H and O–H groups in total. The van der Waals surface area contributed by atoms with Crippen LogP contribution in [-0.2, 0) is 14.3 Å². The summed E-state index contributed by atoms with van der Waals surface area (Å²) in [5.41, 5.74) is 3.44. The molecule has 9 heteroatoms. The van der Waals surface area contributed by atoms with E-state index in [2.05, 4.69) is 14.9 Å². The molecule has 35 heavy (non-hydrogen) atoms. The van der Waals surface area contributed by atoms with Gasteiger partial charge in [0.25, 0.3) is 5.91 Å². The lowest BCUT2D eigenvalue weighted by molar-refractivity contribution is -0.149. The summed E-state index contributed by atoms with van der Waals surface area (Å²) in [7, 11) is 0. The Morgan fingerprint density at radius 3 is 2.60 bits per heavy atom. The standard InChI is InChI=1S/C26H25N5O3S/c1-2-34-25(33)19-10-14-30(15-11-19)26-28-24(32)22(35-26)16-20-17-31(21-6-4-3-5-7-21)29-23(20)18-8-12-27-13-9-18/h3-9,12-13,16-17,19H,2,10-11,14-15H2,1H3/b22-16-. The van der Waals surface area contributed by atoms with Crippen LogP contribution in [0.25, 0.3) is 23.0 Å². The van der Waals surface area contributed by atoms with E-state index < -0.39 is 0 Å². The maximum Gasteiger partial charge on any atom is 0.309 e. The van der Waals surface area contributed by atoms with E-state index >= 15 is 0 Å². The average Bonchev–Trinajstić information content (AvgIpc) is 3.49. The van der Waals surface area contributed by atoms with Gasteiger partial charge in [-0.3, -0.25) is 14.6 Å². The zero-order valence-electron chi connectivity index (χ0n) is 19.3. The third-order valence-electron chi connectivity index (χ3n) is 6.00. The second-order valence-corrected chi connectivity index (χ2v) is 9.28. The highest BCUT2D eigenvalue weighted by molar-refractivity contribution is 8.18. The van der Waals surface area contributed by atoms with Crippen LogP contribution in [0.15, 0.2) is 71.0 Å². The lowest BCUT2D eigenvalue weighted by Crippen LogP contribution is -2.39. The van der Waals surface area contributed by atoms with Crippen molar-refractivity contribution in [3.63, 3.8) is 0 Å². The van der Waals surface area contributed by atoms with Gasteiger partial charge in [0.1, 0.15) is 5.69 Å². The maximum atomic E-state index is 12.8. The van der Waals surface area contributed by atoms with Crippen LogP contribution in [0.4, 0.5) is 0 Å². The number of nitrogens with zero attached hydrogens (tertiary/aromatic N) is 5. The molecule has 3 aromatic rings. The number of piperidine rings is 1. The van der Waals surface area contributed by atoms with Crippen molar-refractivity contribution in [2.75, 3.05) is 19.7 Å². The highest BCUT2D eigenvalue weighted by Gasteiger charge is 2.32. The summed E-state index contributed by atoms with van der Waals surface area (Å²) in [6.07, 6.45) is 8.63. The molecule has 2 aliphatic rings. The predicted molar refractivity (Wildman–Crippen MR) is 136 cm³/mol. The Balaban J connectivity index is 1.37. The Hall–Kier alpha value is -3.72. The zero-order valence-corrected chi connectivity index (χ0v) is 20.1. The van der Waals surface area contributed by atoms with Crippen LogP contribution >= 0.6 is 11.8 Å². The van der Waals surface area contributed by atoms with Crippen molar-refractivity contribution in [2.24, 2.45) is 10.9 Å². The number of amidine groups is 1. The number of esters is 1. The second kappa shape index (κ2) is 10.3. The van der Waals surface area contributed by atoms with Crippen LogP contribution in [-0.4, -0.2) is 56.4 Å². The molecule has 0 atom stereocenters. The average molecular weight is 488 g/mol. The van der Waals surface area contributed by atoms with Gasteiger partial charge >= 0.3 is 5.97 Å². The minimum atomic E-state index is -0.259. The first-order valence-electron chi connectivity index (χ1n) is 11.6. The fourth-order valence-corrected chi connectivity index (χ4v) is 5.14. The summed E-state index contributed by atoms with van der Waals surface area (Å²) >= 11 is 1.37. The number of ether oxygens (including phenoxy) is 1. The molecule has 1 aromatic carbocycles. The number of likely N-dealkylation sites (tertiary alicyclic amines) is 1. The van der Waals surface area contributed by atoms with Crippen LogP contribution in [0, 0.1) is 5.92 Å². The van der Waals surface area contributed by atoms with Crippen molar-refractivity contribution in [3.05, 3.63) is 71.5 Å². The highest BCUT2D eigenvalue weighted by atomic mass is 32.2. The van der Waals surface area contributed by atoms with Crippen molar-refractivity contribution in [3.8, 4) is 16.9 Å². The smallest absolute Gasteiger partial charge is 0.309 e. The highest BCUT2D eigenvalue weighted by Crippen LogP contribution is 2.34. The maximum absolute atomic E-state index is 12.8. The molecule has 0 unspecified atom stereocenters. The van der Waals surface area contributed by atoms with E-state index in [0.29, 0.717) is 42.6 Å². The molecule has 0 aliphatic carbocycles. The molecule has 4 heterocycles. The van der Waals surface area contributed by atoms with E-state index in [1.165, 1.54) is 11.8 Å². The van der Waals surface area contributed by atoms with Gasteiger partial charge in [0.05, 0.1) is 23.1 Å². The quantitative estimate of drug-likeness (QED) is 0.394. The molecule has 0 bridgehead atoms. The number of hydrogen-bond acceptors (Lipinski definition) is 7. The Labute approximate surface area is 207 Å². The molecule has 2 aromatic heterocycles. The summed E-state index contributed by atoms with van der Waals surface area (Å²) in [5.74, 6) is -0.481. The number of aromatic nitrogens is 3. The van der Waals surface area contributed by atoms with E-state index in [1.807, 2.05) is 66.3 Å². The molecule has 1 fully saturated rings. The molecular weight excluding hydrogens is 462 g/mol. The van der Waals surface area contributed by atoms with Gasteiger partial charge in [0.15, 0.2) is 5.17 Å². The number of amides is 1. The van der Waals surface area contributed by atoms with Gasteiger partial charge in [-0.1, -0.05) is 18.2 Å². The molecule has 0 saturated carbocycles. The SMILES string of the molecule is CCOC(=O)C1CCN(C2=NC(=O)/C(=C/c3cn(-c4ccccc4)nc3-c3ccncc3)S2)CC1. The van der Waals surface area contributed by atoms with Crippen molar-refractivity contribution in [1.82, 2.24) is 19.7 Å². The van der Waals surface area contributed by atoms with Gasteiger partial charge in [-0.15, -0.1) is 0 Å². The number of para-hydroxylation sites is 1. The first-order chi connectivity index (χ1) is 17.1. The van der Waals surface area contributed by atoms with E-state index in [4.69, 9.17) is 9.84 Å². The number of carbonyl (C=O) groups excluding carboxylic acids is 2. The predicted octanol–water partition coefficient (Wildman–Crippen LogP) is 4.18. The molecule has 178 valence electrons. The number of benzene rings is 1. The normalized spacial score (nSPS) is 17.6. The lowest BCUT2D eigenvalue weighted by atomic mass is 9.97. The van der Waals surface area contributed by atoms with Crippen LogP contribution in [0.1, 0.15) is 25.3 Å². The van der Waals surface area contributed by atoms with Gasteiger partial charge in [-0.05, 0) is 61.9 Å². The number of carbonyl (C=O) groups is 2. The zero-order chi connectivity index (χ0) is 24.2. The molecule has 5 rings (SSSR count). The monoisotopic (exact) mass is 487 g/mol. The molecule has 1 amide bonds. The Morgan fingerprint density at radius 2 is 1.89 bits per heavy atom. The lowest BCUT2D eigenvalue weighted by Gasteiger charge is -2.31. The first-order valence-corrected chi connectivity index (χ1v) is 12.4. The van der Waals surface area contributed by atoms with Crippen molar-refractivity contribution >= 4 is 34.9 Å². The third kappa shape index (κ3) is 5.05. The van der Waals surface area contributed by atoms with Crippen molar-refractivity contribution in [1.29, 1.82) is 0 Å². The van der Waals surface area contributed by atoms with Gasteiger partial charge < -0.3 is 9.64 Å². The Bertz CT molecular complexity index is 1280. The van der Waals surface area contributed by atoms with E-state index in [-0.39, 0.29) is 17.8 Å². The van der Waals surface area contributed by atoms with Gasteiger partial charge in [0.2, 0.25) is 0 Å². The Kier molecular flexibility index (Phi) is 6.76. The number of rotatable bonds is 5. The van der Waals surface area contributed by atoms with Crippen LogP contribution in [0.5, 0.6) is 0 Å². The summed E-state index contributed by atoms with van der Waals surface area (Å²) in [4.78, 5) is 35.9. The summed E-state index contributed by atoms with van der Waals surface area (Å²) in [6, 6.07) is 13.7. The molecule has 1 saturated heterocycles. The van der Waals surface area contributed by atoms with Gasteiger partial charge in [-0.25, -0.2) is 4.68 Å². The first kappa shape index (κ1) is 23.0. The van der Waals surface area contributed by atoms with Crippen LogP contribution in [0.3, 0.4) is 0 Å². The fourth-order valence-electron chi connectivity index (χ4n) is 4.18. The number of hydrogen-bond donors (Lipinski definition) is 0. The summed E-state index contributed by atoms with van der Waals surface area (Å²) < 4.78 is 6.97. The Morgan fingerprint density at radius 1 is 1.14 bits per heavy atom. The van der Waals surface area contributed by atoms with Gasteiger partial charge in [0, 0.05) is 42.8 Å². The van der Waals surface area contributed by atoms with Crippen molar-refractivity contribution in [2.45, 2.75) is 19.8 Å². The topological polar surface area (TPSA) is 89.7 Å². The molecule has 0 radical (unpaired) electrons. The summed E-state index contributed by atoms with van der Waals surface area (Å²) in [6.45, 7) is 3.56. The second-order valence-electron chi connectivity index (χ2n) is 8.27.